The molecule has 1 N–H and O–H groups in total. The van der Waals surface area contributed by atoms with Gasteiger partial charge in [0.05, 0.1) is 24.2 Å². The molecule has 0 saturated carbocycles. The maximum atomic E-state index is 12.0. The summed E-state index contributed by atoms with van der Waals surface area (Å²) in [6.45, 7) is 4.66. The molecule has 2 aromatic carbocycles. The lowest BCUT2D eigenvalue weighted by molar-refractivity contribution is -0.386. The van der Waals surface area contributed by atoms with Crippen molar-refractivity contribution in [2.75, 3.05) is 13.2 Å². The molecule has 0 unspecified atom stereocenters. The van der Waals surface area contributed by atoms with Gasteiger partial charge in [-0.3, -0.25) is 10.1 Å². The van der Waals surface area contributed by atoms with E-state index in [1.807, 2.05) is 19.9 Å². The monoisotopic (exact) mass is 388 g/mol. The van der Waals surface area contributed by atoms with Gasteiger partial charge in [-0.2, -0.15) is 0 Å². The van der Waals surface area contributed by atoms with Gasteiger partial charge in [-0.05, 0) is 31.0 Å². The first-order chi connectivity index (χ1) is 13.5. The van der Waals surface area contributed by atoms with Crippen LogP contribution in [0.4, 0.5) is 10.5 Å². The Bertz CT molecular complexity index is 795. The van der Waals surface area contributed by atoms with Crippen LogP contribution in [0, 0.1) is 10.1 Å². The summed E-state index contributed by atoms with van der Waals surface area (Å²) in [5.41, 5.74) is 0.394. The van der Waals surface area contributed by atoms with Crippen LogP contribution in [0.5, 0.6) is 17.2 Å². The van der Waals surface area contributed by atoms with Crippen LogP contribution in [-0.4, -0.2) is 24.2 Å². The molecule has 0 fully saturated rings. The van der Waals surface area contributed by atoms with Crippen molar-refractivity contribution >= 4 is 11.8 Å². The number of nitro benzene ring substituents is 1. The van der Waals surface area contributed by atoms with Gasteiger partial charge in [0.1, 0.15) is 11.5 Å². The lowest BCUT2D eigenvalue weighted by Crippen LogP contribution is -2.26. The number of nitrogens with zero attached hydrogens (tertiary/aromatic N) is 1. The minimum Gasteiger partial charge on any atom is -0.493 e. The number of para-hydroxylation sites is 1. The third-order valence-electron chi connectivity index (χ3n) is 3.64. The van der Waals surface area contributed by atoms with Crippen molar-refractivity contribution in [1.82, 2.24) is 5.32 Å². The Hall–Kier alpha value is -3.29. The van der Waals surface area contributed by atoms with E-state index in [0.29, 0.717) is 36.7 Å². The molecule has 2 rings (SSSR count). The number of nitro groups is 1. The first-order valence-corrected chi connectivity index (χ1v) is 9.12. The van der Waals surface area contributed by atoms with Gasteiger partial charge in [0, 0.05) is 12.1 Å². The second-order valence-electron chi connectivity index (χ2n) is 5.94. The Kier molecular flexibility index (Phi) is 8.08. The Labute approximate surface area is 163 Å². The SMILES string of the molecule is CCCOc1cc([N+](=O)[O-])c(OCCC)cc1CNC(=O)Oc1ccccc1. The summed E-state index contributed by atoms with van der Waals surface area (Å²) in [7, 11) is 0. The van der Waals surface area contributed by atoms with Crippen molar-refractivity contribution in [2.24, 2.45) is 0 Å². The van der Waals surface area contributed by atoms with Crippen LogP contribution in [0.15, 0.2) is 42.5 Å². The second kappa shape index (κ2) is 10.8. The first-order valence-electron chi connectivity index (χ1n) is 9.12. The highest BCUT2D eigenvalue weighted by molar-refractivity contribution is 5.70. The molecule has 0 aliphatic carbocycles. The molecular weight excluding hydrogens is 364 g/mol. The molecule has 0 spiro atoms. The van der Waals surface area contributed by atoms with Gasteiger partial charge in [0.2, 0.25) is 0 Å². The summed E-state index contributed by atoms with van der Waals surface area (Å²) >= 11 is 0. The zero-order valence-electron chi connectivity index (χ0n) is 16.0. The van der Waals surface area contributed by atoms with E-state index in [1.54, 1.807) is 24.3 Å². The van der Waals surface area contributed by atoms with Gasteiger partial charge in [0.15, 0.2) is 5.75 Å². The van der Waals surface area contributed by atoms with E-state index in [9.17, 15) is 14.9 Å². The molecular formula is C20H24N2O6. The molecule has 2 aromatic rings. The highest BCUT2D eigenvalue weighted by Crippen LogP contribution is 2.35. The minimum absolute atomic E-state index is 0.0746. The number of rotatable bonds is 10. The molecule has 28 heavy (non-hydrogen) atoms. The summed E-state index contributed by atoms with van der Waals surface area (Å²) in [5.74, 6) is 0.888. The summed E-state index contributed by atoms with van der Waals surface area (Å²) in [4.78, 5) is 22.9. The van der Waals surface area contributed by atoms with E-state index in [4.69, 9.17) is 14.2 Å². The number of carbonyl (C=O) groups is 1. The fraction of sp³-hybridized carbons (Fsp3) is 0.350. The van der Waals surface area contributed by atoms with Crippen molar-refractivity contribution < 1.29 is 23.9 Å². The minimum atomic E-state index is -0.637. The molecule has 0 aromatic heterocycles. The van der Waals surface area contributed by atoms with Crippen LogP contribution in [0.2, 0.25) is 0 Å². The van der Waals surface area contributed by atoms with Crippen molar-refractivity contribution in [1.29, 1.82) is 0 Å². The molecule has 0 radical (unpaired) electrons. The molecule has 8 heteroatoms. The predicted molar refractivity (Wildman–Crippen MR) is 104 cm³/mol. The Balaban J connectivity index is 2.18. The maximum absolute atomic E-state index is 12.0. The normalized spacial score (nSPS) is 10.2. The summed E-state index contributed by atoms with van der Waals surface area (Å²) in [6, 6.07) is 11.5. The zero-order chi connectivity index (χ0) is 20.4. The smallest absolute Gasteiger partial charge is 0.412 e. The highest BCUT2D eigenvalue weighted by Gasteiger charge is 2.21. The average molecular weight is 388 g/mol. The van der Waals surface area contributed by atoms with Crippen LogP contribution in [0.3, 0.4) is 0 Å². The number of carbonyl (C=O) groups excluding carboxylic acids is 1. The molecule has 0 aliphatic heterocycles. The van der Waals surface area contributed by atoms with Crippen molar-refractivity contribution in [3.8, 4) is 17.2 Å². The van der Waals surface area contributed by atoms with Crippen LogP contribution in [0.1, 0.15) is 32.3 Å². The Morgan fingerprint density at radius 3 is 2.29 bits per heavy atom. The van der Waals surface area contributed by atoms with E-state index < -0.39 is 11.0 Å². The van der Waals surface area contributed by atoms with Crippen LogP contribution in [0.25, 0.3) is 0 Å². The summed E-state index contributed by atoms with van der Waals surface area (Å²) in [6.07, 6.45) is 0.814. The van der Waals surface area contributed by atoms with E-state index in [-0.39, 0.29) is 18.0 Å². The van der Waals surface area contributed by atoms with Gasteiger partial charge in [-0.15, -0.1) is 0 Å². The van der Waals surface area contributed by atoms with Crippen LogP contribution < -0.4 is 19.5 Å². The first kappa shape index (κ1) is 21.0. The topological polar surface area (TPSA) is 99.9 Å². The number of amides is 1. The molecule has 0 heterocycles. The van der Waals surface area contributed by atoms with Gasteiger partial charge in [-0.25, -0.2) is 4.79 Å². The van der Waals surface area contributed by atoms with E-state index in [1.165, 1.54) is 12.1 Å². The fourth-order valence-corrected chi connectivity index (χ4v) is 2.35. The van der Waals surface area contributed by atoms with Crippen molar-refractivity contribution in [3.63, 3.8) is 0 Å². The quantitative estimate of drug-likeness (QED) is 0.476. The van der Waals surface area contributed by atoms with Gasteiger partial charge in [0.25, 0.3) is 0 Å². The molecule has 0 saturated heterocycles. The van der Waals surface area contributed by atoms with Crippen LogP contribution in [-0.2, 0) is 6.54 Å². The average Bonchev–Trinajstić information content (AvgIpc) is 2.70. The van der Waals surface area contributed by atoms with Gasteiger partial charge in [-0.1, -0.05) is 32.0 Å². The number of ether oxygens (including phenoxy) is 3. The molecule has 0 bridgehead atoms. The van der Waals surface area contributed by atoms with Crippen LogP contribution >= 0.6 is 0 Å². The van der Waals surface area contributed by atoms with E-state index in [0.717, 1.165) is 6.42 Å². The number of benzene rings is 2. The fourth-order valence-electron chi connectivity index (χ4n) is 2.35. The van der Waals surface area contributed by atoms with Gasteiger partial charge < -0.3 is 19.5 Å². The number of hydrogen-bond acceptors (Lipinski definition) is 6. The molecule has 0 aliphatic rings. The molecule has 150 valence electrons. The van der Waals surface area contributed by atoms with E-state index in [2.05, 4.69) is 5.32 Å². The van der Waals surface area contributed by atoms with E-state index >= 15 is 0 Å². The number of hydrogen-bond donors (Lipinski definition) is 1. The lowest BCUT2D eigenvalue weighted by atomic mass is 10.1. The second-order valence-corrected chi connectivity index (χ2v) is 5.94. The Morgan fingerprint density at radius 1 is 1.04 bits per heavy atom. The number of nitrogens with one attached hydrogen (secondary N) is 1. The molecule has 0 atom stereocenters. The molecule has 8 nitrogen and oxygen atoms in total. The van der Waals surface area contributed by atoms with Gasteiger partial charge >= 0.3 is 11.8 Å². The predicted octanol–water partition coefficient (Wildman–Crippen LogP) is 4.46. The molecule has 1 amide bonds. The third-order valence-corrected chi connectivity index (χ3v) is 3.64. The maximum Gasteiger partial charge on any atom is 0.412 e. The third kappa shape index (κ3) is 6.15. The van der Waals surface area contributed by atoms with Crippen molar-refractivity contribution in [2.45, 2.75) is 33.2 Å². The zero-order valence-corrected chi connectivity index (χ0v) is 16.0. The standard InChI is InChI=1S/C20H24N2O6/c1-3-10-26-18-13-17(22(24)25)19(27-11-4-2)12-15(18)14-21-20(23)28-16-8-6-5-7-9-16/h5-9,12-13H,3-4,10-11,14H2,1-2H3,(H,21,23). The highest BCUT2D eigenvalue weighted by atomic mass is 16.6. The summed E-state index contributed by atoms with van der Waals surface area (Å²) in [5, 5.41) is 14.0. The largest absolute Gasteiger partial charge is 0.493 e. The summed E-state index contributed by atoms with van der Waals surface area (Å²) < 4.78 is 16.3. The van der Waals surface area contributed by atoms with Crippen molar-refractivity contribution in [3.05, 3.63) is 58.1 Å². The lowest BCUT2D eigenvalue weighted by Gasteiger charge is -2.14. The Morgan fingerprint density at radius 2 is 1.68 bits per heavy atom.